The maximum atomic E-state index is 6.83. The molecule has 0 bridgehead atoms. The Balaban J connectivity index is 1.92. The predicted molar refractivity (Wildman–Crippen MR) is 89.2 cm³/mol. The summed E-state index contributed by atoms with van der Waals surface area (Å²) in [4.78, 5) is 0. The molecule has 1 aliphatic carbocycles. The minimum Gasteiger partial charge on any atom is -0.377 e. The molecule has 1 saturated heterocycles. The first-order valence-electron chi connectivity index (χ1n) is 8.83. The average molecular weight is 296 g/mol. The molecule has 1 aliphatic heterocycles. The molecule has 0 aromatic rings. The van der Waals surface area contributed by atoms with Crippen molar-refractivity contribution in [2.24, 2.45) is 34.8 Å². The van der Waals surface area contributed by atoms with Crippen LogP contribution in [-0.2, 0) is 4.74 Å². The molecular formula is C18H36N2O. The lowest BCUT2D eigenvalue weighted by Crippen LogP contribution is -2.80. The van der Waals surface area contributed by atoms with Gasteiger partial charge < -0.3 is 15.8 Å². The Labute approximate surface area is 131 Å². The third-order valence-corrected chi connectivity index (χ3v) is 6.41. The fraction of sp³-hybridized carbons (Fsp3) is 1.00. The molecule has 0 radical (unpaired) electrons. The predicted octanol–water partition coefficient (Wildman–Crippen LogP) is 3.04. The summed E-state index contributed by atoms with van der Waals surface area (Å²) >= 11 is 0. The van der Waals surface area contributed by atoms with Gasteiger partial charge in [-0.15, -0.1) is 0 Å². The monoisotopic (exact) mass is 296 g/mol. The second kappa shape index (κ2) is 6.17. The summed E-state index contributed by atoms with van der Waals surface area (Å²) in [5, 5.41) is 3.70. The maximum Gasteiger partial charge on any atom is 0.0690 e. The van der Waals surface area contributed by atoms with Gasteiger partial charge in [0.1, 0.15) is 0 Å². The molecule has 0 amide bonds. The molecule has 3 N–H and O–H groups in total. The molecule has 3 nitrogen and oxygen atoms in total. The maximum absolute atomic E-state index is 6.83. The van der Waals surface area contributed by atoms with Gasteiger partial charge in [0.2, 0.25) is 0 Å². The zero-order chi connectivity index (χ0) is 15.8. The normalized spacial score (nSPS) is 35.1. The molecule has 3 atom stereocenters. The molecule has 2 rings (SSSR count). The highest BCUT2D eigenvalue weighted by molar-refractivity contribution is 5.20. The Morgan fingerprint density at radius 3 is 2.38 bits per heavy atom. The number of rotatable bonds is 6. The van der Waals surface area contributed by atoms with Crippen LogP contribution in [0.4, 0.5) is 0 Å². The van der Waals surface area contributed by atoms with E-state index >= 15 is 0 Å². The van der Waals surface area contributed by atoms with Crippen molar-refractivity contribution in [3.05, 3.63) is 0 Å². The second-order valence-corrected chi connectivity index (χ2v) is 8.58. The summed E-state index contributed by atoms with van der Waals surface area (Å²) in [7, 11) is 0. The van der Waals surface area contributed by atoms with E-state index in [0.29, 0.717) is 23.9 Å². The van der Waals surface area contributed by atoms with Crippen molar-refractivity contribution in [1.82, 2.24) is 5.32 Å². The largest absolute Gasteiger partial charge is 0.377 e. The lowest BCUT2D eigenvalue weighted by Gasteiger charge is -2.66. The van der Waals surface area contributed by atoms with E-state index in [9.17, 15) is 0 Å². The highest BCUT2D eigenvalue weighted by atomic mass is 16.5. The molecular weight excluding hydrogens is 260 g/mol. The zero-order valence-electron chi connectivity index (χ0n) is 14.9. The summed E-state index contributed by atoms with van der Waals surface area (Å²) in [6.07, 6.45) is 2.75. The van der Waals surface area contributed by atoms with E-state index in [0.717, 1.165) is 32.0 Å². The lowest BCUT2D eigenvalue weighted by atomic mass is 9.46. The van der Waals surface area contributed by atoms with Crippen molar-refractivity contribution in [1.29, 1.82) is 0 Å². The molecule has 0 aromatic carbocycles. The second-order valence-electron chi connectivity index (χ2n) is 8.58. The summed E-state index contributed by atoms with van der Waals surface area (Å²) in [5.41, 5.74) is 6.80. The zero-order valence-corrected chi connectivity index (χ0v) is 14.9. The number of ether oxygens (including phenoxy) is 1. The fourth-order valence-electron chi connectivity index (χ4n) is 4.71. The Morgan fingerprint density at radius 1 is 1.19 bits per heavy atom. The molecule has 21 heavy (non-hydrogen) atoms. The van der Waals surface area contributed by atoms with E-state index in [4.69, 9.17) is 10.5 Å². The number of hydrogen-bond acceptors (Lipinski definition) is 3. The van der Waals surface area contributed by atoms with Gasteiger partial charge in [-0.3, -0.25) is 0 Å². The SMILES string of the molecule is CC(C)C(CNCC1(N)C2CCCOC2C1(C)C)C(C)C. The first kappa shape index (κ1) is 17.2. The molecule has 2 aliphatic rings. The average Bonchev–Trinajstić information content (AvgIpc) is 2.42. The van der Waals surface area contributed by atoms with Crippen molar-refractivity contribution in [2.75, 3.05) is 19.7 Å². The molecule has 1 heterocycles. The van der Waals surface area contributed by atoms with E-state index in [1.54, 1.807) is 0 Å². The van der Waals surface area contributed by atoms with Crippen molar-refractivity contribution >= 4 is 0 Å². The van der Waals surface area contributed by atoms with E-state index in [-0.39, 0.29) is 11.0 Å². The van der Waals surface area contributed by atoms with Gasteiger partial charge >= 0.3 is 0 Å². The smallest absolute Gasteiger partial charge is 0.0690 e. The van der Waals surface area contributed by atoms with E-state index in [1.807, 2.05) is 0 Å². The summed E-state index contributed by atoms with van der Waals surface area (Å²) in [6, 6.07) is 0. The molecule has 1 saturated carbocycles. The number of nitrogens with one attached hydrogen (secondary N) is 1. The van der Waals surface area contributed by atoms with Crippen LogP contribution in [0.2, 0.25) is 0 Å². The third kappa shape index (κ3) is 2.89. The minimum absolute atomic E-state index is 0.0796. The highest BCUT2D eigenvalue weighted by Gasteiger charge is 2.66. The van der Waals surface area contributed by atoms with Crippen LogP contribution in [0.15, 0.2) is 0 Å². The summed E-state index contributed by atoms with van der Waals surface area (Å²) < 4.78 is 5.98. The van der Waals surface area contributed by atoms with Crippen LogP contribution < -0.4 is 11.1 Å². The van der Waals surface area contributed by atoms with Crippen molar-refractivity contribution < 1.29 is 4.74 Å². The lowest BCUT2D eigenvalue weighted by molar-refractivity contribution is -0.225. The standard InChI is InChI=1S/C18H36N2O/c1-12(2)14(13(3)4)10-20-11-18(19)15-8-7-9-21-16(15)17(18,5)6/h12-16,20H,7-11,19H2,1-6H3. The number of hydrogen-bond donors (Lipinski definition) is 2. The molecule has 0 aromatic heterocycles. The molecule has 3 heteroatoms. The first-order chi connectivity index (χ1) is 9.72. The van der Waals surface area contributed by atoms with Crippen molar-refractivity contribution in [2.45, 2.75) is 66.0 Å². The number of nitrogens with two attached hydrogens (primary N) is 1. The molecule has 0 spiro atoms. The van der Waals surface area contributed by atoms with Crippen molar-refractivity contribution in [3.8, 4) is 0 Å². The van der Waals surface area contributed by atoms with Crippen LogP contribution in [0.5, 0.6) is 0 Å². The molecule has 124 valence electrons. The van der Waals surface area contributed by atoms with Crippen LogP contribution in [0, 0.1) is 29.1 Å². The number of fused-ring (bicyclic) bond motifs is 1. The third-order valence-electron chi connectivity index (χ3n) is 6.41. The van der Waals surface area contributed by atoms with Gasteiger partial charge in [-0.05, 0) is 37.1 Å². The molecule has 2 fully saturated rings. The van der Waals surface area contributed by atoms with E-state index in [2.05, 4.69) is 46.9 Å². The van der Waals surface area contributed by atoms with Crippen LogP contribution in [-0.4, -0.2) is 31.3 Å². The van der Waals surface area contributed by atoms with Gasteiger partial charge in [-0.1, -0.05) is 41.5 Å². The van der Waals surface area contributed by atoms with Gasteiger partial charge in [0.05, 0.1) is 6.10 Å². The quantitative estimate of drug-likeness (QED) is 0.792. The fourth-order valence-corrected chi connectivity index (χ4v) is 4.71. The Morgan fingerprint density at radius 2 is 1.81 bits per heavy atom. The topological polar surface area (TPSA) is 47.3 Å². The van der Waals surface area contributed by atoms with Crippen molar-refractivity contribution in [3.63, 3.8) is 0 Å². The first-order valence-corrected chi connectivity index (χ1v) is 8.83. The van der Waals surface area contributed by atoms with Gasteiger partial charge in [-0.2, -0.15) is 0 Å². The Hall–Kier alpha value is -0.120. The van der Waals surface area contributed by atoms with Crippen LogP contribution in [0.25, 0.3) is 0 Å². The van der Waals surface area contributed by atoms with Crippen LogP contribution in [0.1, 0.15) is 54.4 Å². The van der Waals surface area contributed by atoms with Crippen LogP contribution in [0.3, 0.4) is 0 Å². The Kier molecular flexibility index (Phi) is 5.07. The van der Waals surface area contributed by atoms with Gasteiger partial charge in [0, 0.05) is 30.0 Å². The van der Waals surface area contributed by atoms with E-state index in [1.165, 1.54) is 6.42 Å². The highest BCUT2D eigenvalue weighted by Crippen LogP contribution is 2.56. The molecule has 3 unspecified atom stereocenters. The van der Waals surface area contributed by atoms with Gasteiger partial charge in [-0.25, -0.2) is 0 Å². The van der Waals surface area contributed by atoms with E-state index < -0.39 is 0 Å². The Bertz CT molecular complexity index is 345. The van der Waals surface area contributed by atoms with Crippen LogP contribution >= 0.6 is 0 Å². The van der Waals surface area contributed by atoms with Gasteiger partial charge in [0.15, 0.2) is 0 Å². The summed E-state index contributed by atoms with van der Waals surface area (Å²) in [5.74, 6) is 2.68. The minimum atomic E-state index is -0.114. The van der Waals surface area contributed by atoms with Gasteiger partial charge in [0.25, 0.3) is 0 Å². The summed E-state index contributed by atoms with van der Waals surface area (Å²) in [6.45, 7) is 16.8.